The summed E-state index contributed by atoms with van der Waals surface area (Å²) in [6, 6.07) is 5.58. The summed E-state index contributed by atoms with van der Waals surface area (Å²) in [5.74, 6) is 0.0555. The maximum absolute atomic E-state index is 11.3. The van der Waals surface area contributed by atoms with E-state index in [4.69, 9.17) is 11.6 Å². The summed E-state index contributed by atoms with van der Waals surface area (Å²) in [5.41, 5.74) is 0.967. The van der Waals surface area contributed by atoms with Crippen molar-refractivity contribution in [1.82, 2.24) is 0 Å². The molecule has 0 radical (unpaired) electrons. The smallest absolute Gasteiger partial charge is 0.140 e. The highest BCUT2D eigenvalue weighted by Crippen LogP contribution is 2.33. The van der Waals surface area contributed by atoms with E-state index in [0.29, 0.717) is 17.9 Å². The van der Waals surface area contributed by atoms with E-state index in [1.54, 1.807) is 0 Å². The minimum absolute atomic E-state index is 0.000602. The Morgan fingerprint density at radius 3 is 2.38 bits per heavy atom. The molecule has 1 aliphatic rings. The van der Waals surface area contributed by atoms with Crippen LogP contribution in [0.2, 0.25) is 5.02 Å². The molecule has 0 unspecified atom stereocenters. The summed E-state index contributed by atoms with van der Waals surface area (Å²) in [4.78, 5) is 22.7. The third kappa shape index (κ3) is 2.53. The Balaban J connectivity index is 2.26. The zero-order chi connectivity index (χ0) is 11.7. The lowest BCUT2D eigenvalue weighted by atomic mass is 9.83. The minimum atomic E-state index is -0.000602. The van der Waals surface area contributed by atoms with Gasteiger partial charge in [-0.05, 0) is 39.5 Å². The second kappa shape index (κ2) is 4.68. The van der Waals surface area contributed by atoms with Crippen LogP contribution >= 0.6 is 27.5 Å². The van der Waals surface area contributed by atoms with Crippen molar-refractivity contribution in [3.63, 3.8) is 0 Å². The number of rotatable bonds is 1. The van der Waals surface area contributed by atoms with E-state index in [1.807, 2.05) is 18.2 Å². The molecule has 0 spiro atoms. The Morgan fingerprint density at radius 1 is 1.19 bits per heavy atom. The molecule has 0 atom stereocenters. The molecule has 1 aliphatic carbocycles. The second-order valence-electron chi connectivity index (χ2n) is 4.03. The van der Waals surface area contributed by atoms with E-state index in [9.17, 15) is 9.59 Å². The third-order valence-corrected chi connectivity index (χ3v) is 3.99. The molecule has 16 heavy (non-hydrogen) atoms. The van der Waals surface area contributed by atoms with Gasteiger partial charge in [-0.15, -0.1) is 0 Å². The molecule has 4 heteroatoms. The van der Waals surface area contributed by atoms with Gasteiger partial charge in [-0.3, -0.25) is 9.59 Å². The minimum Gasteiger partial charge on any atom is -0.299 e. The van der Waals surface area contributed by atoms with Gasteiger partial charge in [0, 0.05) is 17.3 Å². The van der Waals surface area contributed by atoms with Gasteiger partial charge in [-0.2, -0.15) is 0 Å². The third-order valence-electron chi connectivity index (χ3n) is 2.76. The van der Waals surface area contributed by atoms with E-state index in [0.717, 1.165) is 10.0 Å². The SMILES string of the molecule is O=C1CC(=O)CC(c2ccc(Br)c(Cl)c2)C1. The lowest BCUT2D eigenvalue weighted by molar-refractivity contribution is -0.130. The first-order valence-electron chi connectivity index (χ1n) is 5.04. The van der Waals surface area contributed by atoms with Crippen LogP contribution in [0.4, 0.5) is 0 Å². The summed E-state index contributed by atoms with van der Waals surface area (Å²) >= 11 is 9.30. The van der Waals surface area contributed by atoms with E-state index in [2.05, 4.69) is 15.9 Å². The summed E-state index contributed by atoms with van der Waals surface area (Å²) in [6.07, 6.45) is 0.994. The van der Waals surface area contributed by atoms with Crippen LogP contribution in [0.15, 0.2) is 22.7 Å². The Labute approximate surface area is 107 Å². The first-order valence-corrected chi connectivity index (χ1v) is 6.21. The van der Waals surface area contributed by atoms with Crippen molar-refractivity contribution in [2.75, 3.05) is 0 Å². The van der Waals surface area contributed by atoms with Crippen molar-refractivity contribution in [3.05, 3.63) is 33.3 Å². The molecule has 0 N–H and O–H groups in total. The molecule has 0 bridgehead atoms. The van der Waals surface area contributed by atoms with Crippen LogP contribution in [0.25, 0.3) is 0 Å². The molecule has 0 heterocycles. The predicted molar refractivity (Wildman–Crippen MR) is 65.8 cm³/mol. The van der Waals surface area contributed by atoms with Crippen molar-refractivity contribution in [2.45, 2.75) is 25.2 Å². The van der Waals surface area contributed by atoms with Gasteiger partial charge >= 0.3 is 0 Å². The van der Waals surface area contributed by atoms with Crippen LogP contribution in [0.1, 0.15) is 30.7 Å². The van der Waals surface area contributed by atoms with Crippen LogP contribution in [-0.2, 0) is 9.59 Å². The zero-order valence-corrected chi connectivity index (χ0v) is 10.8. The summed E-state index contributed by atoms with van der Waals surface area (Å²) in [6.45, 7) is 0. The fraction of sp³-hybridized carbons (Fsp3) is 0.333. The quantitative estimate of drug-likeness (QED) is 0.744. The van der Waals surface area contributed by atoms with Crippen LogP contribution < -0.4 is 0 Å². The van der Waals surface area contributed by atoms with Gasteiger partial charge in [0.1, 0.15) is 11.6 Å². The molecular formula is C12H10BrClO2. The van der Waals surface area contributed by atoms with Gasteiger partial charge < -0.3 is 0 Å². The van der Waals surface area contributed by atoms with E-state index in [1.165, 1.54) is 0 Å². The van der Waals surface area contributed by atoms with Gasteiger partial charge in [-0.1, -0.05) is 17.7 Å². The summed E-state index contributed by atoms with van der Waals surface area (Å²) in [5, 5.41) is 0.614. The molecule has 2 rings (SSSR count). The van der Waals surface area contributed by atoms with Crippen molar-refractivity contribution in [2.24, 2.45) is 0 Å². The number of halogens is 2. The highest BCUT2D eigenvalue weighted by atomic mass is 79.9. The highest BCUT2D eigenvalue weighted by molar-refractivity contribution is 9.10. The average molecular weight is 302 g/mol. The molecule has 84 valence electrons. The second-order valence-corrected chi connectivity index (χ2v) is 5.29. The van der Waals surface area contributed by atoms with Crippen molar-refractivity contribution in [3.8, 4) is 0 Å². The van der Waals surface area contributed by atoms with Crippen LogP contribution in [-0.4, -0.2) is 11.6 Å². The van der Waals surface area contributed by atoms with Crippen molar-refractivity contribution in [1.29, 1.82) is 0 Å². The maximum Gasteiger partial charge on any atom is 0.140 e. The largest absolute Gasteiger partial charge is 0.299 e. The first-order chi connectivity index (χ1) is 7.56. The van der Waals surface area contributed by atoms with Crippen molar-refractivity contribution >= 4 is 39.1 Å². The summed E-state index contributed by atoms with van der Waals surface area (Å²) < 4.78 is 0.825. The maximum atomic E-state index is 11.3. The van der Waals surface area contributed by atoms with Gasteiger partial charge in [0.15, 0.2) is 0 Å². The lowest BCUT2D eigenvalue weighted by Gasteiger charge is -2.20. The highest BCUT2D eigenvalue weighted by Gasteiger charge is 2.26. The summed E-state index contributed by atoms with van der Waals surface area (Å²) in [7, 11) is 0. The number of carbonyl (C=O) groups is 2. The molecule has 0 aromatic heterocycles. The molecule has 2 nitrogen and oxygen atoms in total. The Bertz CT molecular complexity index is 440. The molecule has 1 aromatic rings. The monoisotopic (exact) mass is 300 g/mol. The van der Waals surface area contributed by atoms with Gasteiger partial charge in [0.2, 0.25) is 0 Å². The van der Waals surface area contributed by atoms with Crippen LogP contribution in [0.3, 0.4) is 0 Å². The number of Topliss-reactive ketones (excluding diaryl/α,β-unsaturated/α-hetero) is 2. The fourth-order valence-corrected chi connectivity index (χ4v) is 2.42. The van der Waals surface area contributed by atoms with E-state index in [-0.39, 0.29) is 23.9 Å². The number of benzene rings is 1. The molecule has 0 amide bonds. The Kier molecular flexibility index (Phi) is 3.45. The number of ketones is 2. The number of hydrogen-bond acceptors (Lipinski definition) is 2. The van der Waals surface area contributed by atoms with Crippen LogP contribution in [0, 0.1) is 0 Å². The number of carbonyl (C=O) groups excluding carboxylic acids is 2. The Morgan fingerprint density at radius 2 is 1.81 bits per heavy atom. The first kappa shape index (κ1) is 11.8. The molecule has 1 saturated carbocycles. The van der Waals surface area contributed by atoms with Crippen LogP contribution in [0.5, 0.6) is 0 Å². The normalized spacial score (nSPS) is 17.9. The zero-order valence-electron chi connectivity index (χ0n) is 8.50. The molecule has 0 aliphatic heterocycles. The molecule has 1 aromatic carbocycles. The topological polar surface area (TPSA) is 34.1 Å². The molecule has 1 fully saturated rings. The molecule has 0 saturated heterocycles. The van der Waals surface area contributed by atoms with Gasteiger partial charge in [-0.25, -0.2) is 0 Å². The lowest BCUT2D eigenvalue weighted by Crippen LogP contribution is -2.21. The number of hydrogen-bond donors (Lipinski definition) is 0. The van der Waals surface area contributed by atoms with E-state index < -0.39 is 0 Å². The predicted octanol–water partition coefficient (Wildman–Crippen LogP) is 3.51. The standard InChI is InChI=1S/C12H10BrClO2/c13-11-2-1-7(5-12(11)14)8-3-9(15)6-10(16)4-8/h1-2,5,8H,3-4,6H2. The van der Waals surface area contributed by atoms with Gasteiger partial charge in [0.05, 0.1) is 11.4 Å². The van der Waals surface area contributed by atoms with Crippen molar-refractivity contribution < 1.29 is 9.59 Å². The Hall–Kier alpha value is -0.670. The fourth-order valence-electron chi connectivity index (χ4n) is 1.99. The van der Waals surface area contributed by atoms with E-state index >= 15 is 0 Å². The average Bonchev–Trinajstić information content (AvgIpc) is 2.20. The molecular weight excluding hydrogens is 291 g/mol. The van der Waals surface area contributed by atoms with Gasteiger partial charge in [0.25, 0.3) is 0 Å².